The van der Waals surface area contributed by atoms with Crippen LogP contribution in [0.4, 0.5) is 0 Å². The number of aryl methyl sites for hydroxylation is 1. The van der Waals surface area contributed by atoms with Crippen molar-refractivity contribution in [3.8, 4) is 29.0 Å². The molecule has 0 fully saturated rings. The van der Waals surface area contributed by atoms with Gasteiger partial charge in [-0.25, -0.2) is 5.10 Å². The molecule has 3 aromatic heterocycles. The van der Waals surface area contributed by atoms with Crippen LogP contribution in [0, 0.1) is 29.6 Å². The Balaban J connectivity index is 2.20. The summed E-state index contributed by atoms with van der Waals surface area (Å²) in [6.07, 6.45) is 0. The summed E-state index contributed by atoms with van der Waals surface area (Å²) in [6, 6.07) is 10.8. The zero-order chi connectivity index (χ0) is 18.4. The van der Waals surface area contributed by atoms with E-state index in [4.69, 9.17) is 4.74 Å². The molecule has 0 aliphatic rings. The van der Waals surface area contributed by atoms with Crippen LogP contribution >= 0.6 is 0 Å². The molecule has 26 heavy (non-hydrogen) atoms. The lowest BCUT2D eigenvalue weighted by molar-refractivity contribution is 0.415. The van der Waals surface area contributed by atoms with Crippen LogP contribution in [-0.4, -0.2) is 31.3 Å². The Morgan fingerprint density at radius 3 is 2.42 bits per heavy atom. The van der Waals surface area contributed by atoms with E-state index < -0.39 is 5.56 Å². The van der Waals surface area contributed by atoms with Crippen molar-refractivity contribution in [2.45, 2.75) is 6.92 Å². The maximum Gasteiger partial charge on any atom is 0.290 e. The number of hydrogen-bond donors (Lipinski definition) is 1. The second kappa shape index (κ2) is 5.46. The van der Waals surface area contributed by atoms with E-state index in [0.717, 1.165) is 0 Å². The minimum atomic E-state index is -0.565. The van der Waals surface area contributed by atoms with E-state index in [9.17, 15) is 15.3 Å². The molecule has 0 saturated heterocycles. The molecule has 1 aromatic carbocycles. The Morgan fingerprint density at radius 1 is 1.12 bits per heavy atom. The third kappa shape index (κ3) is 1.91. The average Bonchev–Trinajstić information content (AvgIpc) is 3.21. The standard InChI is InChI=1S/C17H11N7O2/c1-9-21-22-17-20-15-12(7-18)14(10-3-5-11(26-2)6-4-10)13(8-19)16(25)24(15)23(9)17/h3-6H,1-2H3,(H,20,22). The molecule has 9 nitrogen and oxygen atoms in total. The summed E-state index contributed by atoms with van der Waals surface area (Å²) in [4.78, 5) is 17.3. The molecule has 0 amide bonds. The van der Waals surface area contributed by atoms with E-state index in [0.29, 0.717) is 22.9 Å². The molecule has 0 radical (unpaired) electrons. The summed E-state index contributed by atoms with van der Waals surface area (Å²) < 4.78 is 7.77. The van der Waals surface area contributed by atoms with Crippen molar-refractivity contribution in [2.75, 3.05) is 7.11 Å². The molecule has 0 bridgehead atoms. The molecule has 0 atom stereocenters. The van der Waals surface area contributed by atoms with Gasteiger partial charge in [-0.15, -0.1) is 0 Å². The second-order valence-corrected chi connectivity index (χ2v) is 5.54. The van der Waals surface area contributed by atoms with Crippen molar-refractivity contribution in [1.29, 1.82) is 10.5 Å². The summed E-state index contributed by atoms with van der Waals surface area (Å²) >= 11 is 0. The first-order valence-electron chi connectivity index (χ1n) is 7.57. The summed E-state index contributed by atoms with van der Waals surface area (Å²) in [7, 11) is 1.54. The van der Waals surface area contributed by atoms with Crippen molar-refractivity contribution in [2.24, 2.45) is 0 Å². The fourth-order valence-corrected chi connectivity index (χ4v) is 2.99. The number of benzene rings is 1. The molecule has 9 heteroatoms. The van der Waals surface area contributed by atoms with Gasteiger partial charge in [0.1, 0.15) is 34.8 Å². The molecule has 0 aliphatic heterocycles. The first-order chi connectivity index (χ1) is 12.6. The van der Waals surface area contributed by atoms with Gasteiger partial charge < -0.3 is 4.74 Å². The fraction of sp³-hybridized carbons (Fsp3) is 0.118. The van der Waals surface area contributed by atoms with Crippen molar-refractivity contribution in [3.63, 3.8) is 0 Å². The van der Waals surface area contributed by atoms with Crippen LogP contribution in [-0.2, 0) is 0 Å². The van der Waals surface area contributed by atoms with Crippen LogP contribution in [0.3, 0.4) is 0 Å². The molecule has 4 rings (SSSR count). The summed E-state index contributed by atoms with van der Waals surface area (Å²) in [6.45, 7) is 1.69. The molecule has 0 unspecified atom stereocenters. The van der Waals surface area contributed by atoms with Crippen LogP contribution in [0.1, 0.15) is 17.0 Å². The molecular formula is C17H11N7O2. The minimum absolute atomic E-state index is 0.133. The van der Waals surface area contributed by atoms with Gasteiger partial charge in [-0.05, 0) is 24.6 Å². The molecule has 0 saturated carbocycles. The highest BCUT2D eigenvalue weighted by molar-refractivity contribution is 5.82. The number of ether oxygens (including phenoxy) is 1. The summed E-state index contributed by atoms with van der Waals surface area (Å²) in [5.41, 5.74) is 0.428. The lowest BCUT2D eigenvalue weighted by Crippen LogP contribution is -2.22. The van der Waals surface area contributed by atoms with Gasteiger partial charge in [0.2, 0.25) is 5.78 Å². The number of fused-ring (bicyclic) bond motifs is 3. The van der Waals surface area contributed by atoms with Gasteiger partial charge in [0.25, 0.3) is 5.56 Å². The van der Waals surface area contributed by atoms with Gasteiger partial charge >= 0.3 is 0 Å². The molecule has 0 aliphatic carbocycles. The molecule has 0 spiro atoms. The normalized spacial score (nSPS) is 10.8. The largest absolute Gasteiger partial charge is 0.497 e. The third-order valence-electron chi connectivity index (χ3n) is 4.17. The van der Waals surface area contributed by atoms with E-state index in [1.807, 2.05) is 6.07 Å². The number of hydrogen-bond acceptors (Lipinski definition) is 6. The van der Waals surface area contributed by atoms with E-state index >= 15 is 0 Å². The lowest BCUT2D eigenvalue weighted by Gasteiger charge is -2.09. The van der Waals surface area contributed by atoms with Crippen molar-refractivity contribution < 1.29 is 4.74 Å². The maximum atomic E-state index is 13.0. The quantitative estimate of drug-likeness (QED) is 0.585. The molecular weight excluding hydrogens is 334 g/mol. The number of aromatic amines is 1. The van der Waals surface area contributed by atoms with Gasteiger partial charge in [-0.3, -0.25) is 4.79 Å². The predicted octanol–water partition coefficient (Wildman–Crippen LogP) is 1.40. The fourth-order valence-electron chi connectivity index (χ4n) is 2.99. The van der Waals surface area contributed by atoms with Crippen LogP contribution < -0.4 is 10.3 Å². The van der Waals surface area contributed by atoms with Crippen LogP contribution in [0.2, 0.25) is 0 Å². The van der Waals surface area contributed by atoms with E-state index in [-0.39, 0.29) is 22.3 Å². The number of H-pyrrole nitrogens is 1. The number of nitrogens with one attached hydrogen (secondary N) is 1. The SMILES string of the molecule is COc1ccc(-c2c(C#N)c(=O)n3c(nc4[nH]nc(C)n43)c2C#N)cc1. The molecule has 126 valence electrons. The Bertz CT molecular complexity index is 1310. The van der Waals surface area contributed by atoms with Gasteiger partial charge in [-0.1, -0.05) is 12.1 Å². The Morgan fingerprint density at radius 2 is 1.81 bits per heavy atom. The molecule has 3 heterocycles. The highest BCUT2D eigenvalue weighted by Crippen LogP contribution is 2.29. The van der Waals surface area contributed by atoms with Crippen molar-refractivity contribution in [3.05, 3.63) is 51.6 Å². The Hall–Kier alpha value is -4.11. The van der Waals surface area contributed by atoms with E-state index in [1.165, 1.54) is 9.03 Å². The summed E-state index contributed by atoms with van der Waals surface area (Å²) in [5.74, 6) is 1.42. The van der Waals surface area contributed by atoms with Crippen molar-refractivity contribution in [1.82, 2.24) is 24.2 Å². The number of nitrogens with zero attached hydrogens (tertiary/aromatic N) is 6. The first-order valence-corrected chi connectivity index (χ1v) is 7.57. The number of methoxy groups -OCH3 is 1. The average molecular weight is 345 g/mol. The molecule has 1 N–H and O–H groups in total. The number of rotatable bonds is 2. The van der Waals surface area contributed by atoms with E-state index in [2.05, 4.69) is 21.3 Å². The topological polar surface area (TPSA) is 124 Å². The Labute approximate surface area is 146 Å². The smallest absolute Gasteiger partial charge is 0.290 e. The predicted molar refractivity (Wildman–Crippen MR) is 90.7 cm³/mol. The zero-order valence-corrected chi connectivity index (χ0v) is 13.8. The Kier molecular flexibility index (Phi) is 3.24. The van der Waals surface area contributed by atoms with Crippen LogP contribution in [0.25, 0.3) is 22.6 Å². The monoisotopic (exact) mass is 345 g/mol. The van der Waals surface area contributed by atoms with Gasteiger partial charge in [0.05, 0.1) is 7.11 Å². The lowest BCUT2D eigenvalue weighted by atomic mass is 9.97. The van der Waals surface area contributed by atoms with Crippen LogP contribution in [0.5, 0.6) is 5.75 Å². The number of aromatic nitrogens is 5. The second-order valence-electron chi connectivity index (χ2n) is 5.54. The van der Waals surface area contributed by atoms with Gasteiger partial charge in [-0.2, -0.15) is 29.6 Å². The third-order valence-corrected chi connectivity index (χ3v) is 4.17. The van der Waals surface area contributed by atoms with Crippen molar-refractivity contribution >= 4 is 11.4 Å². The molecule has 4 aromatic rings. The summed E-state index contributed by atoms with van der Waals surface area (Å²) in [5, 5.41) is 26.1. The number of pyridine rings is 1. The van der Waals surface area contributed by atoms with Crippen LogP contribution in [0.15, 0.2) is 29.1 Å². The van der Waals surface area contributed by atoms with Gasteiger partial charge in [0.15, 0.2) is 5.65 Å². The minimum Gasteiger partial charge on any atom is -0.497 e. The zero-order valence-electron chi connectivity index (χ0n) is 13.8. The highest BCUT2D eigenvalue weighted by Gasteiger charge is 2.24. The maximum absolute atomic E-state index is 13.0. The first kappa shape index (κ1) is 15.4. The highest BCUT2D eigenvalue weighted by atomic mass is 16.5. The van der Waals surface area contributed by atoms with E-state index in [1.54, 1.807) is 38.3 Å². The van der Waals surface area contributed by atoms with Gasteiger partial charge in [0, 0.05) is 5.56 Å². The number of nitriles is 2.